The fourth-order valence-electron chi connectivity index (χ4n) is 3.78. The van der Waals surface area contributed by atoms with Crippen molar-refractivity contribution in [2.24, 2.45) is 16.7 Å². The van der Waals surface area contributed by atoms with Crippen LogP contribution in [0.15, 0.2) is 18.3 Å². The van der Waals surface area contributed by atoms with Gasteiger partial charge in [-0.15, -0.1) is 0 Å². The smallest absolute Gasteiger partial charge is 0.232 e. The number of anilines is 2. The molecule has 11 heteroatoms. The highest BCUT2D eigenvalue weighted by atomic mass is 16.7. The van der Waals surface area contributed by atoms with Crippen LogP contribution >= 0.6 is 0 Å². The number of hydrogen-bond donors (Lipinski definition) is 2. The molecule has 1 aliphatic rings. The number of carbonyl (C=O) groups is 3. The summed E-state index contributed by atoms with van der Waals surface area (Å²) in [4.78, 5) is 47.1. The van der Waals surface area contributed by atoms with E-state index < -0.39 is 10.8 Å². The maximum absolute atomic E-state index is 13.0. The number of ketones is 1. The quantitative estimate of drug-likeness (QED) is 0.261. The summed E-state index contributed by atoms with van der Waals surface area (Å²) in [5.41, 5.74) is 0.457. The zero-order valence-electron chi connectivity index (χ0n) is 26.0. The van der Waals surface area contributed by atoms with Crippen LogP contribution in [0.5, 0.6) is 17.2 Å². The van der Waals surface area contributed by atoms with Crippen molar-refractivity contribution in [3.63, 3.8) is 0 Å². The average Bonchev–Trinajstić information content (AvgIpc) is 3.76. The summed E-state index contributed by atoms with van der Waals surface area (Å²) in [6, 6.07) is 1.78. The van der Waals surface area contributed by atoms with Crippen LogP contribution in [0.4, 0.5) is 11.8 Å². The number of ether oxygens (including phenoxy) is 4. The fourth-order valence-corrected chi connectivity index (χ4v) is 3.78. The molecule has 0 radical (unpaired) electrons. The molecule has 228 valence electrons. The zero-order valence-corrected chi connectivity index (χ0v) is 26.0. The summed E-state index contributed by atoms with van der Waals surface area (Å²) in [7, 11) is 4.51. The second-order valence-electron chi connectivity index (χ2n) is 12.2. The standard InChI is InChI=1S/C31H42N4O7/c1-30(2,3)27(37)33-26-20(16-32-29(34-26)35-28(38)31(4,5)6)14-19-15-23(40-8)25(41-9)24(42-17-39-7)21(19)12-13-22(36)18-10-11-18/h12-13,15-16,18H,10-11,14,17H2,1-9H3,(H2,32,33,34,35,37,38)/b13-12+. The molecule has 0 bridgehead atoms. The molecule has 2 N–H and O–H groups in total. The van der Waals surface area contributed by atoms with Crippen molar-refractivity contribution in [2.75, 3.05) is 38.8 Å². The van der Waals surface area contributed by atoms with Gasteiger partial charge in [-0.05, 0) is 36.6 Å². The number of amides is 2. The van der Waals surface area contributed by atoms with Gasteiger partial charge in [0.25, 0.3) is 0 Å². The first-order valence-electron chi connectivity index (χ1n) is 13.8. The van der Waals surface area contributed by atoms with Crippen molar-refractivity contribution in [1.29, 1.82) is 0 Å². The molecule has 0 spiro atoms. The number of methoxy groups -OCH3 is 3. The zero-order chi connectivity index (χ0) is 31.2. The lowest BCUT2D eigenvalue weighted by atomic mass is 9.95. The van der Waals surface area contributed by atoms with Gasteiger partial charge in [-0.25, -0.2) is 4.98 Å². The average molecular weight is 583 g/mol. The third-order valence-electron chi connectivity index (χ3n) is 6.53. The molecule has 42 heavy (non-hydrogen) atoms. The molecule has 0 aliphatic heterocycles. The molecular formula is C31H42N4O7. The second kappa shape index (κ2) is 13.3. The molecule has 2 aromatic rings. The van der Waals surface area contributed by atoms with Crippen molar-refractivity contribution in [1.82, 2.24) is 9.97 Å². The minimum absolute atomic E-state index is 0.0360. The Morgan fingerprint density at radius 3 is 2.12 bits per heavy atom. The van der Waals surface area contributed by atoms with E-state index in [4.69, 9.17) is 18.9 Å². The third kappa shape index (κ3) is 8.28. The van der Waals surface area contributed by atoms with Crippen molar-refractivity contribution < 1.29 is 33.3 Å². The first kappa shape index (κ1) is 32.5. The van der Waals surface area contributed by atoms with Crippen molar-refractivity contribution >= 4 is 35.4 Å². The normalized spacial score (nSPS) is 13.5. The van der Waals surface area contributed by atoms with E-state index >= 15 is 0 Å². The third-order valence-corrected chi connectivity index (χ3v) is 6.53. The summed E-state index contributed by atoms with van der Waals surface area (Å²) in [6.45, 7) is 10.6. The van der Waals surface area contributed by atoms with Crippen molar-refractivity contribution in [3.8, 4) is 17.2 Å². The number of hydrogen-bond acceptors (Lipinski definition) is 9. The lowest BCUT2D eigenvalue weighted by Crippen LogP contribution is -2.30. The van der Waals surface area contributed by atoms with E-state index in [1.807, 2.05) is 0 Å². The minimum Gasteiger partial charge on any atom is -0.493 e. The molecule has 1 heterocycles. The van der Waals surface area contributed by atoms with Gasteiger partial charge in [-0.2, -0.15) is 4.98 Å². The number of nitrogens with zero attached hydrogens (tertiary/aromatic N) is 2. The summed E-state index contributed by atoms with van der Waals surface area (Å²) in [5.74, 6) is 0.933. The number of benzene rings is 1. The highest BCUT2D eigenvalue weighted by Crippen LogP contribution is 2.44. The SMILES string of the molecule is COCOc1c(/C=C/C(=O)C2CC2)c(Cc2cnc(NC(=O)C(C)(C)C)nc2NC(=O)C(C)(C)C)cc(OC)c1OC. The van der Waals surface area contributed by atoms with Crippen LogP contribution in [0.2, 0.25) is 0 Å². The van der Waals surface area contributed by atoms with Crippen LogP contribution < -0.4 is 24.8 Å². The lowest BCUT2D eigenvalue weighted by Gasteiger charge is -2.22. The van der Waals surface area contributed by atoms with E-state index in [-0.39, 0.29) is 48.5 Å². The predicted octanol–water partition coefficient (Wildman–Crippen LogP) is 5.03. The molecule has 1 aliphatic carbocycles. The van der Waals surface area contributed by atoms with E-state index in [0.29, 0.717) is 33.9 Å². The molecule has 1 aromatic carbocycles. The Hall–Kier alpha value is -3.99. The first-order valence-corrected chi connectivity index (χ1v) is 13.8. The van der Waals surface area contributed by atoms with Crippen molar-refractivity contribution in [3.05, 3.63) is 35.0 Å². The molecule has 3 rings (SSSR count). The predicted molar refractivity (Wildman–Crippen MR) is 160 cm³/mol. The van der Waals surface area contributed by atoms with Crippen LogP contribution in [0, 0.1) is 16.7 Å². The number of nitrogens with one attached hydrogen (secondary N) is 2. The highest BCUT2D eigenvalue weighted by molar-refractivity contribution is 5.98. The number of carbonyl (C=O) groups excluding carboxylic acids is 3. The molecular weight excluding hydrogens is 540 g/mol. The van der Waals surface area contributed by atoms with Gasteiger partial charge < -0.3 is 24.3 Å². The van der Waals surface area contributed by atoms with Crippen LogP contribution in [0.3, 0.4) is 0 Å². The number of rotatable bonds is 12. The van der Waals surface area contributed by atoms with Crippen molar-refractivity contribution in [2.45, 2.75) is 60.8 Å². The Morgan fingerprint density at radius 1 is 0.929 bits per heavy atom. The largest absolute Gasteiger partial charge is 0.493 e. The Balaban J connectivity index is 2.16. The molecule has 1 fully saturated rings. The van der Waals surface area contributed by atoms with Gasteiger partial charge in [0.1, 0.15) is 5.82 Å². The summed E-state index contributed by atoms with van der Waals surface area (Å²) in [5, 5.41) is 5.62. The summed E-state index contributed by atoms with van der Waals surface area (Å²) in [6.07, 6.45) is 6.77. The van der Waals surface area contributed by atoms with Gasteiger partial charge in [-0.3, -0.25) is 19.7 Å². The summed E-state index contributed by atoms with van der Waals surface area (Å²) < 4.78 is 22.3. The maximum atomic E-state index is 13.0. The van der Waals surface area contributed by atoms with E-state index in [2.05, 4.69) is 20.6 Å². The monoisotopic (exact) mass is 582 g/mol. The van der Waals surface area contributed by atoms with Crippen LogP contribution in [0.1, 0.15) is 71.1 Å². The Bertz CT molecular complexity index is 1350. The van der Waals surface area contributed by atoms with E-state index in [9.17, 15) is 14.4 Å². The lowest BCUT2D eigenvalue weighted by molar-refractivity contribution is -0.123. The molecule has 0 atom stereocenters. The highest BCUT2D eigenvalue weighted by Gasteiger charge is 2.29. The topological polar surface area (TPSA) is 138 Å². The van der Waals surface area contributed by atoms with Crippen LogP contribution in [-0.4, -0.2) is 55.7 Å². The van der Waals surface area contributed by atoms with Gasteiger partial charge in [0.15, 0.2) is 24.1 Å². The van der Waals surface area contributed by atoms with Gasteiger partial charge in [0.2, 0.25) is 23.5 Å². The van der Waals surface area contributed by atoms with E-state index in [1.54, 1.807) is 66.0 Å². The molecule has 0 saturated heterocycles. The molecule has 1 saturated carbocycles. The Labute approximate surface area is 247 Å². The maximum Gasteiger partial charge on any atom is 0.232 e. The minimum atomic E-state index is -0.710. The van der Waals surface area contributed by atoms with Crippen LogP contribution in [-0.2, 0) is 25.5 Å². The molecule has 11 nitrogen and oxygen atoms in total. The fraction of sp³-hybridized carbons (Fsp3) is 0.516. The second-order valence-corrected chi connectivity index (χ2v) is 12.2. The molecule has 2 amide bonds. The number of allylic oxidation sites excluding steroid dienone is 1. The van der Waals surface area contributed by atoms with Crippen LogP contribution in [0.25, 0.3) is 6.08 Å². The number of aromatic nitrogens is 2. The Kier molecular flexibility index (Phi) is 10.3. The van der Waals surface area contributed by atoms with Gasteiger partial charge >= 0.3 is 0 Å². The first-order chi connectivity index (χ1) is 19.7. The van der Waals surface area contributed by atoms with E-state index in [1.165, 1.54) is 21.3 Å². The Morgan fingerprint density at radius 2 is 1.57 bits per heavy atom. The molecule has 0 unspecified atom stereocenters. The molecule has 1 aromatic heterocycles. The van der Waals surface area contributed by atoms with Gasteiger partial charge in [0, 0.05) is 47.6 Å². The van der Waals surface area contributed by atoms with E-state index in [0.717, 1.165) is 12.8 Å². The van der Waals surface area contributed by atoms with Gasteiger partial charge in [0.05, 0.1) is 14.2 Å². The van der Waals surface area contributed by atoms with Gasteiger partial charge in [-0.1, -0.05) is 41.5 Å². The summed E-state index contributed by atoms with van der Waals surface area (Å²) >= 11 is 0.